The van der Waals surface area contributed by atoms with Gasteiger partial charge in [-0.2, -0.15) is 0 Å². The number of hydrogen-bond acceptors (Lipinski definition) is 3. The van der Waals surface area contributed by atoms with Gasteiger partial charge in [-0.15, -0.1) is 0 Å². The maximum atomic E-state index is 12.5. The van der Waals surface area contributed by atoms with Crippen molar-refractivity contribution in [3.05, 3.63) is 0 Å². The first-order valence-corrected chi connectivity index (χ1v) is 2.73. The van der Waals surface area contributed by atoms with Crippen LogP contribution in [0.5, 0.6) is 0 Å². The Balaban J connectivity index is 2.19. The van der Waals surface area contributed by atoms with E-state index >= 15 is 0 Å². The lowest BCUT2D eigenvalue weighted by Crippen LogP contribution is -2.19. The van der Waals surface area contributed by atoms with Gasteiger partial charge in [0.1, 0.15) is 6.61 Å². The molecular weight excluding hydrogens is 127 g/mol. The van der Waals surface area contributed by atoms with Crippen LogP contribution in [0.25, 0.3) is 0 Å². The molecule has 2 aliphatic rings. The molecule has 0 bridgehead atoms. The molecule has 2 heterocycles. The highest BCUT2D eigenvalue weighted by atomic mass is 19.1. The number of alkyl halides is 1. The fraction of sp³-hybridized carbons (Fsp3) is 0.800. The van der Waals surface area contributed by atoms with Gasteiger partial charge in [-0.1, -0.05) is 0 Å². The van der Waals surface area contributed by atoms with Crippen LogP contribution in [0.4, 0.5) is 4.39 Å². The number of esters is 1. The van der Waals surface area contributed by atoms with Crippen molar-refractivity contribution in [2.45, 2.75) is 18.4 Å². The average Bonchev–Trinajstić information content (AvgIpc) is 2.42. The zero-order valence-electron chi connectivity index (χ0n) is 4.59. The van der Waals surface area contributed by atoms with Crippen LogP contribution in [0.15, 0.2) is 0 Å². The molecule has 2 atom stereocenters. The van der Waals surface area contributed by atoms with Gasteiger partial charge in [0.25, 0.3) is 5.79 Å². The highest BCUT2D eigenvalue weighted by Crippen LogP contribution is 2.41. The Kier molecular flexibility index (Phi) is 0.725. The number of hydrogen-bond donors (Lipinski definition) is 0. The van der Waals surface area contributed by atoms with Gasteiger partial charge in [-0.25, -0.2) is 4.39 Å². The number of ether oxygens (including phenoxy) is 2. The smallest absolute Gasteiger partial charge is 0.311 e. The van der Waals surface area contributed by atoms with Crippen LogP contribution >= 0.6 is 0 Å². The van der Waals surface area contributed by atoms with Crippen molar-refractivity contribution in [3.63, 3.8) is 0 Å². The third kappa shape index (κ3) is 0.564. The van der Waals surface area contributed by atoms with Crippen LogP contribution in [0.3, 0.4) is 0 Å². The Morgan fingerprint density at radius 1 is 1.78 bits per heavy atom. The second-order valence-electron chi connectivity index (χ2n) is 2.25. The molecule has 0 aromatic heterocycles. The van der Waals surface area contributed by atoms with Gasteiger partial charge < -0.3 is 9.47 Å². The molecule has 2 rings (SSSR count). The summed E-state index contributed by atoms with van der Waals surface area (Å²) in [6, 6.07) is 0. The normalized spacial score (nSPS) is 47.7. The van der Waals surface area contributed by atoms with Gasteiger partial charge in [-0.05, 0) is 0 Å². The number of rotatable bonds is 0. The van der Waals surface area contributed by atoms with E-state index in [0.29, 0.717) is 0 Å². The second kappa shape index (κ2) is 1.26. The van der Waals surface area contributed by atoms with Crippen molar-refractivity contribution in [2.75, 3.05) is 6.61 Å². The summed E-state index contributed by atoms with van der Waals surface area (Å²) in [6.45, 7) is 0.222. The Morgan fingerprint density at radius 2 is 2.44 bits per heavy atom. The van der Waals surface area contributed by atoms with Gasteiger partial charge in [0.15, 0.2) is 6.17 Å². The van der Waals surface area contributed by atoms with E-state index in [0.717, 1.165) is 0 Å². The van der Waals surface area contributed by atoms with E-state index in [2.05, 4.69) is 9.47 Å². The summed E-state index contributed by atoms with van der Waals surface area (Å²) >= 11 is 0. The van der Waals surface area contributed by atoms with Crippen LogP contribution in [-0.4, -0.2) is 24.5 Å². The minimum atomic E-state index is -1.25. The number of halogens is 1. The van der Waals surface area contributed by atoms with Crippen molar-refractivity contribution in [1.82, 2.24) is 0 Å². The van der Waals surface area contributed by atoms with Crippen molar-refractivity contribution in [3.8, 4) is 0 Å². The molecule has 2 aliphatic heterocycles. The summed E-state index contributed by atoms with van der Waals surface area (Å²) in [6.07, 6.45) is -1.40. The zero-order valence-corrected chi connectivity index (χ0v) is 4.59. The summed E-state index contributed by atoms with van der Waals surface area (Å²) < 4.78 is 21.7. The predicted molar refractivity (Wildman–Crippen MR) is 24.3 cm³/mol. The molecule has 4 heteroatoms. The van der Waals surface area contributed by atoms with Gasteiger partial charge in [-0.3, -0.25) is 4.79 Å². The Hall–Kier alpha value is -0.640. The molecule has 2 fully saturated rings. The molecule has 2 saturated heterocycles. The molecule has 1 spiro atoms. The standard InChI is InChI=1S/C5H5FO3/c6-3-1-4(7)9-5(3)2-8-5/h3H,1-2H2. The highest BCUT2D eigenvalue weighted by Gasteiger charge is 2.61. The molecule has 0 aromatic carbocycles. The van der Waals surface area contributed by atoms with Gasteiger partial charge in [0.05, 0.1) is 6.42 Å². The molecule has 2 unspecified atom stereocenters. The zero-order chi connectivity index (χ0) is 6.48. The van der Waals surface area contributed by atoms with E-state index in [1.54, 1.807) is 0 Å². The van der Waals surface area contributed by atoms with E-state index in [4.69, 9.17) is 0 Å². The molecule has 0 aliphatic carbocycles. The molecule has 0 N–H and O–H groups in total. The van der Waals surface area contributed by atoms with Gasteiger partial charge in [0.2, 0.25) is 0 Å². The van der Waals surface area contributed by atoms with Crippen LogP contribution in [0.2, 0.25) is 0 Å². The average molecular weight is 132 g/mol. The van der Waals surface area contributed by atoms with Crippen molar-refractivity contribution < 1.29 is 18.7 Å². The molecule has 9 heavy (non-hydrogen) atoms. The van der Waals surface area contributed by atoms with E-state index in [1.807, 2.05) is 0 Å². The first-order valence-electron chi connectivity index (χ1n) is 2.73. The van der Waals surface area contributed by atoms with Crippen molar-refractivity contribution in [1.29, 1.82) is 0 Å². The predicted octanol–water partition coefficient (Wildman–Crippen LogP) is -0.00210. The lowest BCUT2D eigenvalue weighted by Gasteiger charge is -2.01. The third-order valence-corrected chi connectivity index (χ3v) is 1.54. The van der Waals surface area contributed by atoms with Crippen LogP contribution in [-0.2, 0) is 14.3 Å². The quantitative estimate of drug-likeness (QED) is 0.344. The Morgan fingerprint density at radius 3 is 2.67 bits per heavy atom. The maximum absolute atomic E-state index is 12.5. The third-order valence-electron chi connectivity index (χ3n) is 1.54. The van der Waals surface area contributed by atoms with E-state index in [9.17, 15) is 9.18 Å². The highest BCUT2D eigenvalue weighted by molar-refractivity contribution is 5.73. The summed E-state index contributed by atoms with van der Waals surface area (Å²) in [5.41, 5.74) is 0. The molecule has 0 amide bonds. The number of carbonyl (C=O) groups is 1. The first kappa shape index (κ1) is 5.17. The summed E-state index contributed by atoms with van der Waals surface area (Å²) in [5, 5.41) is 0. The fourth-order valence-corrected chi connectivity index (χ4v) is 0.911. The van der Waals surface area contributed by atoms with Gasteiger partial charge in [0, 0.05) is 0 Å². The Bertz CT molecular complexity index is 164. The molecule has 50 valence electrons. The second-order valence-corrected chi connectivity index (χ2v) is 2.25. The lowest BCUT2D eigenvalue weighted by molar-refractivity contribution is -0.148. The van der Waals surface area contributed by atoms with Crippen LogP contribution in [0, 0.1) is 0 Å². The maximum Gasteiger partial charge on any atom is 0.311 e. The topological polar surface area (TPSA) is 38.8 Å². The van der Waals surface area contributed by atoms with E-state index in [1.165, 1.54) is 0 Å². The summed E-state index contributed by atoms with van der Waals surface area (Å²) in [7, 11) is 0. The van der Waals surface area contributed by atoms with Crippen LogP contribution < -0.4 is 0 Å². The molecule has 3 nitrogen and oxygen atoms in total. The molecule has 0 aromatic rings. The van der Waals surface area contributed by atoms with Crippen molar-refractivity contribution in [2.24, 2.45) is 0 Å². The minimum Gasteiger partial charge on any atom is -0.427 e. The molecule has 0 radical (unpaired) electrons. The number of carbonyl (C=O) groups excluding carboxylic acids is 1. The van der Waals surface area contributed by atoms with Gasteiger partial charge >= 0.3 is 5.97 Å². The molecule has 0 saturated carbocycles. The van der Waals surface area contributed by atoms with E-state index in [-0.39, 0.29) is 13.0 Å². The number of epoxide rings is 1. The minimum absolute atomic E-state index is 0.153. The summed E-state index contributed by atoms with van der Waals surface area (Å²) in [5.74, 6) is -1.64. The first-order chi connectivity index (χ1) is 4.23. The fourth-order valence-electron chi connectivity index (χ4n) is 0.911. The SMILES string of the molecule is O=C1CC(F)C2(CO2)O1. The Labute approximate surface area is 50.7 Å². The molecular formula is C5H5FO3. The summed E-state index contributed by atoms with van der Waals surface area (Å²) in [4.78, 5) is 10.4. The van der Waals surface area contributed by atoms with E-state index < -0.39 is 17.9 Å². The van der Waals surface area contributed by atoms with Crippen LogP contribution in [0.1, 0.15) is 6.42 Å². The monoisotopic (exact) mass is 132 g/mol. The largest absolute Gasteiger partial charge is 0.427 e. The lowest BCUT2D eigenvalue weighted by atomic mass is 10.2. The van der Waals surface area contributed by atoms with Crippen molar-refractivity contribution >= 4 is 5.97 Å².